The van der Waals surface area contributed by atoms with Crippen LogP contribution < -0.4 is 10.1 Å². The van der Waals surface area contributed by atoms with E-state index >= 15 is 0 Å². The topological polar surface area (TPSA) is 91.8 Å². The molecule has 1 aliphatic rings. The van der Waals surface area contributed by atoms with Crippen molar-refractivity contribution in [2.75, 3.05) is 20.1 Å². The van der Waals surface area contributed by atoms with Crippen LogP contribution in [0, 0.1) is 13.8 Å². The third-order valence-electron chi connectivity index (χ3n) is 4.86. The number of ether oxygens (including phenoxy) is 1. The lowest BCUT2D eigenvalue weighted by Crippen LogP contribution is -2.33. The number of benzene rings is 1. The number of carbonyl (C=O) groups excluding carboxylic acids is 3. The number of nitrogens with zero attached hydrogens (tertiary/aromatic N) is 3. The van der Waals surface area contributed by atoms with Gasteiger partial charge in [-0.2, -0.15) is 0 Å². The van der Waals surface area contributed by atoms with Crippen molar-refractivity contribution in [3.63, 3.8) is 0 Å². The average Bonchev–Trinajstić information content (AvgIpc) is 2.96. The monoisotopic (exact) mass is 410 g/mol. The third-order valence-corrected chi connectivity index (χ3v) is 4.86. The second-order valence-corrected chi connectivity index (χ2v) is 7.44. The number of carbonyl (C=O) groups is 3. The molecule has 0 radical (unpaired) electrons. The molecule has 1 aromatic carbocycles. The van der Waals surface area contributed by atoms with Gasteiger partial charge in [-0.05, 0) is 43.0 Å². The fourth-order valence-corrected chi connectivity index (χ4v) is 3.08. The molecule has 1 fully saturated rings. The smallest absolute Gasteiger partial charge is 0.326 e. The third kappa shape index (κ3) is 5.34. The minimum absolute atomic E-state index is 0.0984. The number of amides is 4. The van der Waals surface area contributed by atoms with Crippen LogP contribution in [0.2, 0.25) is 0 Å². The Morgan fingerprint density at radius 1 is 1.20 bits per heavy atom. The highest BCUT2D eigenvalue weighted by Crippen LogP contribution is 2.24. The van der Waals surface area contributed by atoms with Crippen LogP contribution >= 0.6 is 0 Å². The van der Waals surface area contributed by atoms with E-state index in [-0.39, 0.29) is 37.4 Å². The zero-order chi connectivity index (χ0) is 21.7. The van der Waals surface area contributed by atoms with Crippen LogP contribution in [0.4, 0.5) is 4.79 Å². The molecule has 0 unspecified atom stereocenters. The number of rotatable bonds is 8. The normalized spacial score (nSPS) is 13.7. The highest BCUT2D eigenvalue weighted by atomic mass is 16.5. The van der Waals surface area contributed by atoms with E-state index < -0.39 is 0 Å². The quantitative estimate of drug-likeness (QED) is 0.676. The summed E-state index contributed by atoms with van der Waals surface area (Å²) in [6, 6.07) is 9.31. The van der Waals surface area contributed by atoms with E-state index in [4.69, 9.17) is 4.74 Å². The summed E-state index contributed by atoms with van der Waals surface area (Å²) in [7, 11) is 1.58. The Kier molecular flexibility index (Phi) is 6.66. The predicted octanol–water partition coefficient (Wildman–Crippen LogP) is 2.78. The van der Waals surface area contributed by atoms with Crippen molar-refractivity contribution in [1.82, 2.24) is 20.1 Å². The number of likely N-dealkylation sites (N-methyl/N-ethyl adjacent to an activating group) is 1. The summed E-state index contributed by atoms with van der Waals surface area (Å²) in [4.78, 5) is 42.4. The van der Waals surface area contributed by atoms with Crippen LogP contribution in [0.15, 0.2) is 36.5 Å². The van der Waals surface area contributed by atoms with Crippen molar-refractivity contribution >= 4 is 17.8 Å². The van der Waals surface area contributed by atoms with Gasteiger partial charge in [-0.3, -0.25) is 14.5 Å². The van der Waals surface area contributed by atoms with E-state index in [1.807, 2.05) is 38.1 Å². The first kappa shape index (κ1) is 21.3. The molecule has 0 spiro atoms. The molecule has 158 valence electrons. The van der Waals surface area contributed by atoms with E-state index in [1.54, 1.807) is 19.3 Å². The summed E-state index contributed by atoms with van der Waals surface area (Å²) in [6.07, 6.45) is 2.33. The molecule has 3 rings (SSSR count). The fraction of sp³-hybridized carbons (Fsp3) is 0.364. The summed E-state index contributed by atoms with van der Waals surface area (Å²) >= 11 is 0. The van der Waals surface area contributed by atoms with Crippen molar-refractivity contribution in [3.05, 3.63) is 53.2 Å². The first-order chi connectivity index (χ1) is 14.3. The maximum atomic E-state index is 12.0. The van der Waals surface area contributed by atoms with Crippen LogP contribution in [0.5, 0.6) is 11.6 Å². The second kappa shape index (κ2) is 9.39. The van der Waals surface area contributed by atoms with Crippen molar-refractivity contribution < 1.29 is 19.1 Å². The van der Waals surface area contributed by atoms with Gasteiger partial charge in [0.1, 0.15) is 12.3 Å². The molecule has 0 atom stereocenters. The summed E-state index contributed by atoms with van der Waals surface area (Å²) in [5.41, 5.74) is 2.99. The largest absolute Gasteiger partial charge is 0.439 e. The fourth-order valence-electron chi connectivity index (χ4n) is 3.08. The maximum Gasteiger partial charge on any atom is 0.326 e. The predicted molar refractivity (Wildman–Crippen MR) is 111 cm³/mol. The summed E-state index contributed by atoms with van der Waals surface area (Å²) in [6.45, 7) is 4.68. The molecule has 1 saturated heterocycles. The van der Waals surface area contributed by atoms with Gasteiger partial charge in [-0.15, -0.1) is 0 Å². The van der Waals surface area contributed by atoms with Gasteiger partial charge in [0.05, 0.1) is 0 Å². The Labute approximate surface area is 175 Å². The SMILES string of the molecule is Cc1ccc(C)c(Oc2ccc(CNC(=O)CCCN3C(=O)CN(C)C3=O)cn2)c1. The van der Waals surface area contributed by atoms with Gasteiger partial charge in [0.25, 0.3) is 0 Å². The second-order valence-electron chi connectivity index (χ2n) is 7.44. The van der Waals surface area contributed by atoms with E-state index in [0.717, 1.165) is 22.4 Å². The standard InChI is InChI=1S/C22H26N4O4/c1-15-6-7-16(2)18(11-15)30-20-9-8-17(13-24-20)12-23-19(27)5-4-10-26-21(28)14-25(3)22(26)29/h6-9,11,13H,4-5,10,12,14H2,1-3H3,(H,23,27). The molecule has 2 heterocycles. The molecule has 0 saturated carbocycles. The number of imide groups is 1. The Morgan fingerprint density at radius 2 is 2.00 bits per heavy atom. The molecule has 4 amide bonds. The van der Waals surface area contributed by atoms with Gasteiger partial charge < -0.3 is 15.0 Å². The molecule has 1 N–H and O–H groups in total. The van der Waals surface area contributed by atoms with Gasteiger partial charge in [0.15, 0.2) is 0 Å². The first-order valence-corrected chi connectivity index (χ1v) is 9.85. The van der Waals surface area contributed by atoms with Crippen molar-refractivity contribution in [2.45, 2.75) is 33.2 Å². The number of aryl methyl sites for hydroxylation is 2. The van der Waals surface area contributed by atoms with Crippen LogP contribution in [-0.2, 0) is 16.1 Å². The Morgan fingerprint density at radius 3 is 2.67 bits per heavy atom. The molecular formula is C22H26N4O4. The molecule has 2 aromatic rings. The number of nitrogens with one attached hydrogen (secondary N) is 1. The minimum atomic E-state index is -0.311. The van der Waals surface area contributed by atoms with Gasteiger partial charge >= 0.3 is 6.03 Å². The van der Waals surface area contributed by atoms with E-state index in [1.165, 1.54) is 9.80 Å². The molecule has 8 heteroatoms. The summed E-state index contributed by atoms with van der Waals surface area (Å²) < 4.78 is 5.84. The van der Waals surface area contributed by atoms with Crippen molar-refractivity contribution in [2.24, 2.45) is 0 Å². The van der Waals surface area contributed by atoms with Gasteiger partial charge in [-0.25, -0.2) is 9.78 Å². The van der Waals surface area contributed by atoms with Crippen LogP contribution in [0.3, 0.4) is 0 Å². The van der Waals surface area contributed by atoms with Crippen LogP contribution in [0.25, 0.3) is 0 Å². The summed E-state index contributed by atoms with van der Waals surface area (Å²) in [5.74, 6) is 0.892. The number of hydrogen-bond acceptors (Lipinski definition) is 5. The molecule has 8 nitrogen and oxygen atoms in total. The number of pyridine rings is 1. The maximum absolute atomic E-state index is 12.0. The number of urea groups is 1. The molecule has 1 aromatic heterocycles. The van der Waals surface area contributed by atoms with Crippen LogP contribution in [0.1, 0.15) is 29.5 Å². The summed E-state index contributed by atoms with van der Waals surface area (Å²) in [5, 5.41) is 2.82. The first-order valence-electron chi connectivity index (χ1n) is 9.85. The molecule has 0 bridgehead atoms. The van der Waals surface area contributed by atoms with Crippen molar-refractivity contribution in [3.8, 4) is 11.6 Å². The van der Waals surface area contributed by atoms with Gasteiger partial charge in [-0.1, -0.05) is 18.2 Å². The average molecular weight is 410 g/mol. The minimum Gasteiger partial charge on any atom is -0.439 e. The number of aromatic nitrogens is 1. The Balaban J connectivity index is 1.42. The zero-order valence-electron chi connectivity index (χ0n) is 17.5. The van der Waals surface area contributed by atoms with E-state index in [9.17, 15) is 14.4 Å². The van der Waals surface area contributed by atoms with E-state index in [2.05, 4.69) is 10.3 Å². The van der Waals surface area contributed by atoms with Gasteiger partial charge in [0.2, 0.25) is 17.7 Å². The molecule has 30 heavy (non-hydrogen) atoms. The van der Waals surface area contributed by atoms with Crippen molar-refractivity contribution in [1.29, 1.82) is 0 Å². The van der Waals surface area contributed by atoms with Crippen LogP contribution in [-0.4, -0.2) is 52.8 Å². The van der Waals surface area contributed by atoms with Gasteiger partial charge in [0, 0.05) is 38.8 Å². The Hall–Kier alpha value is -3.42. The highest BCUT2D eigenvalue weighted by Gasteiger charge is 2.32. The lowest BCUT2D eigenvalue weighted by atomic mass is 10.1. The molecule has 1 aliphatic heterocycles. The van der Waals surface area contributed by atoms with E-state index in [0.29, 0.717) is 18.8 Å². The lowest BCUT2D eigenvalue weighted by molar-refractivity contribution is -0.126. The Bertz CT molecular complexity index is 943. The number of hydrogen-bond donors (Lipinski definition) is 1. The molecule has 0 aliphatic carbocycles. The zero-order valence-corrected chi connectivity index (χ0v) is 17.5. The lowest BCUT2D eigenvalue weighted by Gasteiger charge is -2.13. The molecular weight excluding hydrogens is 384 g/mol. The highest BCUT2D eigenvalue weighted by molar-refractivity contribution is 6.01.